The Morgan fingerprint density at radius 3 is 2.67 bits per heavy atom. The van der Waals surface area contributed by atoms with Crippen molar-refractivity contribution < 1.29 is 13.5 Å². The molecule has 0 bridgehead atoms. The van der Waals surface area contributed by atoms with E-state index in [2.05, 4.69) is 53.0 Å². The second kappa shape index (κ2) is 10.5. The zero-order chi connectivity index (χ0) is 28.1. The predicted octanol–water partition coefficient (Wildman–Crippen LogP) is 5.81. The maximum atomic E-state index is 16.3. The van der Waals surface area contributed by atoms with Crippen molar-refractivity contribution in [3.05, 3.63) is 41.8 Å². The number of ether oxygens (including phenoxy) is 1. The third kappa shape index (κ3) is 4.71. The maximum absolute atomic E-state index is 16.3. The third-order valence-electron chi connectivity index (χ3n) is 9.55. The first-order chi connectivity index (χ1) is 19.2. The summed E-state index contributed by atoms with van der Waals surface area (Å²) in [7, 11) is 4.19. The number of aromatic nitrogens is 3. The van der Waals surface area contributed by atoms with E-state index in [4.69, 9.17) is 9.72 Å². The van der Waals surface area contributed by atoms with E-state index >= 15 is 4.39 Å². The van der Waals surface area contributed by atoms with Gasteiger partial charge in [-0.15, -0.1) is 0 Å². The number of pyridine rings is 1. The average Bonchev–Trinajstić information content (AvgIpc) is 3.42. The molecule has 1 aromatic carbocycles. The molecule has 0 spiro atoms. The van der Waals surface area contributed by atoms with Gasteiger partial charge < -0.3 is 15.0 Å². The van der Waals surface area contributed by atoms with Gasteiger partial charge in [0.05, 0.1) is 10.9 Å². The van der Waals surface area contributed by atoms with Crippen LogP contribution in [0.15, 0.2) is 30.5 Å². The minimum absolute atomic E-state index is 0.0315. The van der Waals surface area contributed by atoms with E-state index in [0.717, 1.165) is 43.4 Å². The molecule has 2 aliphatic heterocycles. The highest BCUT2D eigenvalue weighted by Crippen LogP contribution is 2.41. The van der Waals surface area contributed by atoms with Crippen molar-refractivity contribution in [1.82, 2.24) is 24.8 Å². The van der Waals surface area contributed by atoms with Crippen molar-refractivity contribution in [3.8, 4) is 17.3 Å². The van der Waals surface area contributed by atoms with Crippen molar-refractivity contribution >= 4 is 16.7 Å². The molecule has 2 atom stereocenters. The first-order valence-electron chi connectivity index (χ1n) is 14.6. The van der Waals surface area contributed by atoms with Gasteiger partial charge in [-0.1, -0.05) is 38.1 Å². The van der Waals surface area contributed by atoms with E-state index in [9.17, 15) is 4.39 Å². The average molecular weight is 551 g/mol. The number of alkyl halides is 1. The summed E-state index contributed by atoms with van der Waals surface area (Å²) in [5.41, 5.74) is 1.92. The van der Waals surface area contributed by atoms with Crippen molar-refractivity contribution in [1.29, 1.82) is 0 Å². The van der Waals surface area contributed by atoms with Gasteiger partial charge in [0.25, 0.3) is 0 Å². The maximum Gasteiger partial charge on any atom is 0.319 e. The van der Waals surface area contributed by atoms with Gasteiger partial charge in [0.2, 0.25) is 0 Å². The third-order valence-corrected chi connectivity index (χ3v) is 9.55. The molecule has 1 N–H and O–H groups in total. The molecular formula is C31H40F2N6O. The molecule has 2 saturated heterocycles. The molecule has 0 radical (unpaired) electrons. The summed E-state index contributed by atoms with van der Waals surface area (Å²) in [6.45, 7) is 6.46. The smallest absolute Gasteiger partial charge is 0.319 e. The fourth-order valence-corrected chi connectivity index (χ4v) is 6.90. The van der Waals surface area contributed by atoms with Crippen molar-refractivity contribution in [2.45, 2.75) is 75.5 Å². The Morgan fingerprint density at radius 1 is 1.15 bits per heavy atom. The number of halogens is 2. The van der Waals surface area contributed by atoms with Crippen LogP contribution in [0, 0.1) is 5.82 Å². The lowest BCUT2D eigenvalue weighted by atomic mass is 9.75. The van der Waals surface area contributed by atoms with Gasteiger partial charge in [0, 0.05) is 36.8 Å². The molecule has 3 aromatic rings. The van der Waals surface area contributed by atoms with Gasteiger partial charge in [0.1, 0.15) is 29.8 Å². The van der Waals surface area contributed by atoms with Crippen LogP contribution in [0.4, 0.5) is 14.6 Å². The van der Waals surface area contributed by atoms with Gasteiger partial charge in [-0.05, 0) is 64.2 Å². The Balaban J connectivity index is 1.39. The van der Waals surface area contributed by atoms with E-state index in [0.29, 0.717) is 30.7 Å². The van der Waals surface area contributed by atoms with Crippen LogP contribution in [0.25, 0.3) is 22.2 Å². The fraction of sp³-hybridized carbons (Fsp3) is 0.581. The molecule has 1 saturated carbocycles. The number of nitrogens with one attached hydrogen (secondary N) is 1. The molecule has 0 amide bonds. The van der Waals surface area contributed by atoms with Gasteiger partial charge in [0.15, 0.2) is 5.82 Å². The van der Waals surface area contributed by atoms with Crippen LogP contribution < -0.4 is 10.1 Å². The summed E-state index contributed by atoms with van der Waals surface area (Å²) in [5, 5.41) is 4.02. The van der Waals surface area contributed by atoms with Crippen molar-refractivity contribution in [3.63, 3.8) is 0 Å². The molecular weight excluding hydrogens is 510 g/mol. The Hall–Kier alpha value is -2.91. The number of fused-ring (bicyclic) bond motifs is 2. The number of hydrogen-bond donors (Lipinski definition) is 1. The topological polar surface area (TPSA) is 66.4 Å². The predicted molar refractivity (Wildman–Crippen MR) is 154 cm³/mol. The molecule has 1 aliphatic carbocycles. The lowest BCUT2D eigenvalue weighted by molar-refractivity contribution is 0.0738. The quantitative estimate of drug-likeness (QED) is 0.361. The second-order valence-electron chi connectivity index (χ2n) is 12.5. The standard InChI is InChI=1S/C31H40F2N6O/c1-20(2)22-9-5-6-10-23(22)26-25(33)27-24(16-34-26)28(35-18-30(38(3)4)11-7-12-30)37-29(36-27)40-19-31-13-8-14-39(31)17-21(32)15-31/h5-6,9-10,16,20-21H,7-8,11-15,17-19H2,1-4H3,(H,35,36,37)/t21-,31?/m1/s1. The minimum Gasteiger partial charge on any atom is -0.461 e. The minimum atomic E-state index is -0.851. The zero-order valence-electron chi connectivity index (χ0n) is 24.0. The summed E-state index contributed by atoms with van der Waals surface area (Å²) in [5.74, 6) is 0.231. The largest absolute Gasteiger partial charge is 0.461 e. The van der Waals surface area contributed by atoms with Gasteiger partial charge in [-0.3, -0.25) is 9.88 Å². The number of hydrogen-bond acceptors (Lipinski definition) is 7. The molecule has 3 fully saturated rings. The summed E-state index contributed by atoms with van der Waals surface area (Å²) in [6.07, 6.45) is 6.53. The van der Waals surface area contributed by atoms with E-state index in [1.54, 1.807) is 6.20 Å². The number of likely N-dealkylation sites (N-methyl/N-ethyl adjacent to an activating group) is 1. The fourth-order valence-electron chi connectivity index (χ4n) is 6.90. The zero-order valence-corrected chi connectivity index (χ0v) is 24.0. The Morgan fingerprint density at radius 2 is 1.95 bits per heavy atom. The van der Waals surface area contributed by atoms with Gasteiger partial charge in [-0.2, -0.15) is 9.97 Å². The number of nitrogens with zero attached hydrogens (tertiary/aromatic N) is 5. The highest BCUT2D eigenvalue weighted by Gasteiger charge is 2.49. The molecule has 4 heterocycles. The molecule has 6 rings (SSSR count). The summed E-state index contributed by atoms with van der Waals surface area (Å²) in [4.78, 5) is 18.3. The highest BCUT2D eigenvalue weighted by molar-refractivity contribution is 5.91. The molecule has 9 heteroatoms. The second-order valence-corrected chi connectivity index (χ2v) is 12.5. The number of anilines is 1. The normalized spacial score (nSPS) is 24.1. The SMILES string of the molecule is CC(C)c1ccccc1-c1ncc2c(NCC3(N(C)C)CCC3)nc(OCC34CCCN3C[C@H](F)C4)nc2c1F. The van der Waals surface area contributed by atoms with Crippen LogP contribution in [0.2, 0.25) is 0 Å². The first-order valence-corrected chi connectivity index (χ1v) is 14.6. The summed E-state index contributed by atoms with van der Waals surface area (Å²) >= 11 is 0. The van der Waals surface area contributed by atoms with Crippen LogP contribution in [0.3, 0.4) is 0 Å². The van der Waals surface area contributed by atoms with Crippen molar-refractivity contribution in [2.75, 3.05) is 45.7 Å². The molecule has 2 aromatic heterocycles. The molecule has 40 heavy (non-hydrogen) atoms. The Kier molecular flexibility index (Phi) is 7.15. The van der Waals surface area contributed by atoms with E-state index in [-0.39, 0.29) is 40.8 Å². The van der Waals surface area contributed by atoms with Crippen LogP contribution in [0.1, 0.15) is 63.9 Å². The monoisotopic (exact) mass is 550 g/mol. The van der Waals surface area contributed by atoms with Gasteiger partial charge >= 0.3 is 6.01 Å². The summed E-state index contributed by atoms with van der Waals surface area (Å²) < 4.78 is 36.9. The molecule has 1 unspecified atom stereocenters. The van der Waals surface area contributed by atoms with Crippen LogP contribution in [-0.2, 0) is 0 Å². The molecule has 3 aliphatic rings. The van der Waals surface area contributed by atoms with Crippen molar-refractivity contribution in [2.24, 2.45) is 0 Å². The molecule has 7 nitrogen and oxygen atoms in total. The Bertz CT molecular complexity index is 1390. The highest BCUT2D eigenvalue weighted by atomic mass is 19.1. The van der Waals surface area contributed by atoms with Crippen LogP contribution in [-0.4, -0.2) is 82.3 Å². The number of benzene rings is 1. The lowest BCUT2D eigenvalue weighted by Gasteiger charge is -2.47. The molecule has 214 valence electrons. The van der Waals surface area contributed by atoms with Crippen LogP contribution in [0.5, 0.6) is 6.01 Å². The van der Waals surface area contributed by atoms with E-state index in [1.165, 1.54) is 6.42 Å². The van der Waals surface area contributed by atoms with Crippen LogP contribution >= 0.6 is 0 Å². The lowest BCUT2D eigenvalue weighted by Crippen LogP contribution is -2.54. The van der Waals surface area contributed by atoms with Gasteiger partial charge in [-0.25, -0.2) is 8.78 Å². The first kappa shape index (κ1) is 27.3. The summed E-state index contributed by atoms with van der Waals surface area (Å²) in [6, 6.07) is 7.90. The number of rotatable bonds is 9. The van der Waals surface area contributed by atoms with E-state index in [1.807, 2.05) is 24.3 Å². The Labute approximate surface area is 235 Å². The van der Waals surface area contributed by atoms with E-state index < -0.39 is 12.0 Å².